The van der Waals surface area contributed by atoms with Crippen molar-refractivity contribution in [1.29, 1.82) is 0 Å². The van der Waals surface area contributed by atoms with Gasteiger partial charge in [-0.2, -0.15) is 0 Å². The average molecular weight is 242 g/mol. The summed E-state index contributed by atoms with van der Waals surface area (Å²) in [7, 11) is 0. The van der Waals surface area contributed by atoms with E-state index in [1.54, 1.807) is 5.56 Å². The van der Waals surface area contributed by atoms with Gasteiger partial charge in [-0.25, -0.2) is 0 Å². The Balaban J connectivity index is 1.90. The highest BCUT2D eigenvalue weighted by Gasteiger charge is 2.21. The van der Waals surface area contributed by atoms with E-state index >= 15 is 0 Å². The third-order valence-electron chi connectivity index (χ3n) is 4.37. The van der Waals surface area contributed by atoms with E-state index in [4.69, 9.17) is 0 Å². The van der Waals surface area contributed by atoms with Gasteiger partial charge in [-0.15, -0.1) is 6.58 Å². The molecule has 0 amide bonds. The number of hydrogen-bond acceptors (Lipinski definition) is 0. The Labute approximate surface area is 112 Å². The Morgan fingerprint density at radius 1 is 1.11 bits per heavy atom. The fourth-order valence-electron chi connectivity index (χ4n) is 3.29. The molecule has 18 heavy (non-hydrogen) atoms. The van der Waals surface area contributed by atoms with Crippen molar-refractivity contribution >= 4 is 0 Å². The Hall–Kier alpha value is -1.04. The van der Waals surface area contributed by atoms with Gasteiger partial charge in [0, 0.05) is 0 Å². The first-order chi connectivity index (χ1) is 8.83. The molecule has 1 saturated carbocycles. The highest BCUT2D eigenvalue weighted by molar-refractivity contribution is 5.26. The van der Waals surface area contributed by atoms with Crippen LogP contribution in [-0.2, 0) is 6.42 Å². The molecule has 0 heteroatoms. The Bertz CT molecular complexity index is 352. The molecule has 0 saturated heterocycles. The van der Waals surface area contributed by atoms with Crippen LogP contribution in [0.4, 0.5) is 0 Å². The van der Waals surface area contributed by atoms with Crippen LogP contribution >= 0.6 is 0 Å². The van der Waals surface area contributed by atoms with E-state index in [1.165, 1.54) is 44.1 Å². The first-order valence-corrected chi connectivity index (χ1v) is 7.53. The predicted octanol–water partition coefficient (Wildman–Crippen LogP) is 5.49. The van der Waals surface area contributed by atoms with Crippen LogP contribution in [0.1, 0.15) is 62.5 Å². The molecular formula is C18H26. The van der Waals surface area contributed by atoms with Crippen LogP contribution in [0.25, 0.3) is 0 Å². The van der Waals surface area contributed by atoms with E-state index in [1.807, 2.05) is 6.08 Å². The molecule has 0 atom stereocenters. The van der Waals surface area contributed by atoms with Crippen LogP contribution in [0.5, 0.6) is 0 Å². The minimum atomic E-state index is 0.816. The molecular weight excluding hydrogens is 216 g/mol. The molecule has 1 aliphatic rings. The van der Waals surface area contributed by atoms with E-state index in [0.29, 0.717) is 0 Å². The van der Waals surface area contributed by atoms with Crippen molar-refractivity contribution in [3.8, 4) is 0 Å². The molecule has 1 fully saturated rings. The van der Waals surface area contributed by atoms with Crippen molar-refractivity contribution in [2.75, 3.05) is 0 Å². The summed E-state index contributed by atoms with van der Waals surface area (Å²) in [5, 5.41) is 0. The molecule has 0 heterocycles. The molecule has 0 radical (unpaired) electrons. The van der Waals surface area contributed by atoms with E-state index in [0.717, 1.165) is 18.3 Å². The average Bonchev–Trinajstić information content (AvgIpc) is 2.41. The quantitative estimate of drug-likeness (QED) is 0.599. The van der Waals surface area contributed by atoms with Gasteiger partial charge in [0.1, 0.15) is 0 Å². The van der Waals surface area contributed by atoms with Gasteiger partial charge >= 0.3 is 0 Å². The van der Waals surface area contributed by atoms with Gasteiger partial charge in [0.15, 0.2) is 0 Å². The van der Waals surface area contributed by atoms with E-state index in [9.17, 15) is 0 Å². The molecule has 0 unspecified atom stereocenters. The lowest BCUT2D eigenvalue weighted by Gasteiger charge is -2.28. The normalized spacial score (nSPS) is 23.8. The van der Waals surface area contributed by atoms with E-state index in [-0.39, 0.29) is 0 Å². The molecule has 0 bridgehead atoms. The minimum absolute atomic E-state index is 0.816. The summed E-state index contributed by atoms with van der Waals surface area (Å²) < 4.78 is 0. The lowest BCUT2D eigenvalue weighted by atomic mass is 9.77. The molecule has 0 aromatic heterocycles. The van der Waals surface area contributed by atoms with Crippen LogP contribution in [0.15, 0.2) is 36.9 Å². The van der Waals surface area contributed by atoms with Crippen molar-refractivity contribution in [2.45, 2.75) is 57.8 Å². The van der Waals surface area contributed by atoms with Crippen molar-refractivity contribution in [3.63, 3.8) is 0 Å². The molecule has 1 aromatic rings. The fourth-order valence-corrected chi connectivity index (χ4v) is 3.29. The van der Waals surface area contributed by atoms with Crippen LogP contribution in [0.3, 0.4) is 0 Å². The number of allylic oxidation sites excluding steroid dienone is 1. The maximum Gasteiger partial charge on any atom is -0.0100 e. The first kappa shape index (κ1) is 13.4. The summed E-state index contributed by atoms with van der Waals surface area (Å²) in [6.45, 7) is 6.10. The molecule has 0 aliphatic heterocycles. The fraction of sp³-hybridized carbons (Fsp3) is 0.556. The van der Waals surface area contributed by atoms with Gasteiger partial charge in [0.25, 0.3) is 0 Å². The van der Waals surface area contributed by atoms with Crippen LogP contribution in [-0.4, -0.2) is 0 Å². The lowest BCUT2D eigenvalue weighted by Crippen LogP contribution is -2.13. The summed E-state index contributed by atoms with van der Waals surface area (Å²) >= 11 is 0. The van der Waals surface area contributed by atoms with Crippen molar-refractivity contribution in [2.24, 2.45) is 5.92 Å². The Kier molecular flexibility index (Phi) is 5.04. The molecule has 1 aliphatic carbocycles. The molecule has 0 spiro atoms. The van der Waals surface area contributed by atoms with Crippen LogP contribution in [0, 0.1) is 5.92 Å². The molecule has 1 aromatic carbocycles. The van der Waals surface area contributed by atoms with Gasteiger partial charge in [-0.1, -0.05) is 50.1 Å². The summed E-state index contributed by atoms with van der Waals surface area (Å²) in [5.74, 6) is 1.82. The lowest BCUT2D eigenvalue weighted by molar-refractivity contribution is 0.308. The zero-order valence-electron chi connectivity index (χ0n) is 11.7. The minimum Gasteiger partial charge on any atom is -0.103 e. The van der Waals surface area contributed by atoms with E-state index < -0.39 is 0 Å². The molecule has 0 N–H and O–H groups in total. The summed E-state index contributed by atoms with van der Waals surface area (Å²) in [5.41, 5.74) is 2.94. The standard InChI is InChI=1S/C18H26/c1-3-5-15-7-11-17(12-8-15)18-13-9-16(6-4-2)10-14-18/h3,7-8,11-12,16,18H,1,4-6,9-10,13-14H2,2H3. The summed E-state index contributed by atoms with van der Waals surface area (Å²) in [6.07, 6.45) is 11.4. The predicted molar refractivity (Wildman–Crippen MR) is 80.0 cm³/mol. The largest absolute Gasteiger partial charge is 0.103 e. The van der Waals surface area contributed by atoms with Gasteiger partial charge in [-0.3, -0.25) is 0 Å². The van der Waals surface area contributed by atoms with Gasteiger partial charge in [0.2, 0.25) is 0 Å². The van der Waals surface area contributed by atoms with Gasteiger partial charge < -0.3 is 0 Å². The van der Waals surface area contributed by atoms with Crippen molar-refractivity contribution in [1.82, 2.24) is 0 Å². The van der Waals surface area contributed by atoms with Crippen molar-refractivity contribution in [3.05, 3.63) is 48.0 Å². The topological polar surface area (TPSA) is 0 Å². The SMILES string of the molecule is C=CCc1ccc(C2CCC(CCC)CC2)cc1. The second-order valence-corrected chi connectivity index (χ2v) is 5.74. The van der Waals surface area contributed by atoms with Gasteiger partial charge in [-0.05, 0) is 55.1 Å². The smallest absolute Gasteiger partial charge is 0.0100 e. The second-order valence-electron chi connectivity index (χ2n) is 5.74. The maximum atomic E-state index is 3.79. The summed E-state index contributed by atoms with van der Waals surface area (Å²) in [6, 6.07) is 9.22. The van der Waals surface area contributed by atoms with Crippen LogP contribution in [0.2, 0.25) is 0 Å². The van der Waals surface area contributed by atoms with Crippen LogP contribution < -0.4 is 0 Å². The zero-order chi connectivity index (χ0) is 12.8. The number of hydrogen-bond donors (Lipinski definition) is 0. The number of rotatable bonds is 5. The Morgan fingerprint density at radius 2 is 1.78 bits per heavy atom. The van der Waals surface area contributed by atoms with Gasteiger partial charge in [0.05, 0.1) is 0 Å². The second kappa shape index (κ2) is 6.78. The van der Waals surface area contributed by atoms with E-state index in [2.05, 4.69) is 37.8 Å². The third kappa shape index (κ3) is 3.48. The summed E-state index contributed by atoms with van der Waals surface area (Å²) in [4.78, 5) is 0. The monoisotopic (exact) mass is 242 g/mol. The first-order valence-electron chi connectivity index (χ1n) is 7.53. The van der Waals surface area contributed by atoms with Crippen molar-refractivity contribution < 1.29 is 0 Å². The molecule has 2 rings (SSSR count). The molecule has 0 nitrogen and oxygen atoms in total. The zero-order valence-corrected chi connectivity index (χ0v) is 11.7. The Morgan fingerprint density at radius 3 is 2.33 bits per heavy atom. The third-order valence-corrected chi connectivity index (χ3v) is 4.37. The molecule has 98 valence electrons. The highest BCUT2D eigenvalue weighted by Crippen LogP contribution is 2.37. The maximum absolute atomic E-state index is 3.79. The number of benzene rings is 1. The highest BCUT2D eigenvalue weighted by atomic mass is 14.3.